The highest BCUT2D eigenvalue weighted by atomic mass is 35.7. The van der Waals surface area contributed by atoms with Gasteiger partial charge in [-0.3, -0.25) is 0 Å². The first-order valence-corrected chi connectivity index (χ1v) is 6.60. The maximum atomic E-state index is 11.1. The molecule has 80 valence electrons. The highest BCUT2D eigenvalue weighted by molar-refractivity contribution is 8.13. The summed E-state index contributed by atoms with van der Waals surface area (Å²) in [6.45, 7) is 0. The molecule has 0 aliphatic heterocycles. The van der Waals surface area contributed by atoms with Crippen LogP contribution in [0.5, 0.6) is 0 Å². The van der Waals surface area contributed by atoms with Gasteiger partial charge in [-0.05, 0) is 0 Å². The zero-order valence-electron chi connectivity index (χ0n) is 6.85. The summed E-state index contributed by atoms with van der Waals surface area (Å²) >= 11 is 11.4. The van der Waals surface area contributed by atoms with E-state index in [2.05, 4.69) is 10.1 Å². The molecule has 2 heterocycles. The highest BCUT2D eigenvalue weighted by Gasteiger charge is 2.19. The fourth-order valence-electron chi connectivity index (χ4n) is 1.05. The number of rotatable bonds is 1. The van der Waals surface area contributed by atoms with Gasteiger partial charge in [0.2, 0.25) is 0 Å². The number of halogens is 3. The zero-order valence-corrected chi connectivity index (χ0v) is 9.94. The second kappa shape index (κ2) is 3.48. The molecule has 0 aliphatic rings. The molecular formula is C6H2Cl3N3O2S. The highest BCUT2D eigenvalue weighted by Crippen LogP contribution is 2.23. The molecule has 0 N–H and O–H groups in total. The van der Waals surface area contributed by atoms with Crippen LogP contribution in [0.15, 0.2) is 17.2 Å². The first-order chi connectivity index (χ1) is 6.89. The number of fused-ring (bicyclic) bond motifs is 1. The molecule has 0 aliphatic carbocycles. The molecule has 0 saturated heterocycles. The number of hydrogen-bond acceptors (Lipinski definition) is 4. The lowest BCUT2D eigenvalue weighted by atomic mass is 10.6. The van der Waals surface area contributed by atoms with Gasteiger partial charge < -0.3 is 0 Å². The molecule has 5 nitrogen and oxygen atoms in total. The Kier molecular flexibility index (Phi) is 2.54. The van der Waals surface area contributed by atoms with Crippen LogP contribution in [0.4, 0.5) is 0 Å². The van der Waals surface area contributed by atoms with Crippen LogP contribution in [-0.2, 0) is 9.05 Å². The van der Waals surface area contributed by atoms with Crippen molar-refractivity contribution in [1.82, 2.24) is 14.6 Å². The van der Waals surface area contributed by atoms with Crippen LogP contribution in [0.1, 0.15) is 0 Å². The molecule has 0 saturated carbocycles. The maximum Gasteiger partial charge on any atom is 0.266 e. The number of hydrogen-bond donors (Lipinski definition) is 0. The third-order valence-corrected chi connectivity index (χ3v) is 3.40. The van der Waals surface area contributed by atoms with E-state index in [9.17, 15) is 8.42 Å². The fraction of sp³-hybridized carbons (Fsp3) is 0. The first kappa shape index (κ1) is 10.9. The predicted octanol–water partition coefficient (Wildman–Crippen LogP) is 1.96. The number of nitrogens with zero attached hydrogens (tertiary/aromatic N) is 3. The smallest absolute Gasteiger partial charge is 0.215 e. The first-order valence-electron chi connectivity index (χ1n) is 3.54. The van der Waals surface area contributed by atoms with Gasteiger partial charge in [-0.2, -0.15) is 5.10 Å². The molecule has 0 radical (unpaired) electrons. The summed E-state index contributed by atoms with van der Waals surface area (Å²) in [5, 5.41) is 3.94. The quantitative estimate of drug-likeness (QED) is 0.594. The Hall–Kier alpha value is -0.560. The molecule has 9 heteroatoms. The van der Waals surface area contributed by atoms with E-state index in [1.165, 1.54) is 6.07 Å². The Morgan fingerprint density at radius 3 is 2.60 bits per heavy atom. The SMILES string of the molecule is O=S(=O)(Cl)c1cnn2c(Cl)cc(Cl)nc12. The van der Waals surface area contributed by atoms with Crippen LogP contribution in [0.25, 0.3) is 5.65 Å². The second-order valence-corrected chi connectivity index (χ2v) is 5.89. The summed E-state index contributed by atoms with van der Waals surface area (Å²) in [6, 6.07) is 1.34. The molecule has 2 rings (SSSR count). The van der Waals surface area contributed by atoms with Gasteiger partial charge in [0.05, 0.1) is 6.20 Å². The largest absolute Gasteiger partial charge is 0.266 e. The fourth-order valence-corrected chi connectivity index (χ4v) is 2.37. The van der Waals surface area contributed by atoms with Gasteiger partial charge in [-0.25, -0.2) is 17.9 Å². The summed E-state index contributed by atoms with van der Waals surface area (Å²) in [7, 11) is 1.27. The Bertz CT molecular complexity index is 636. The Morgan fingerprint density at radius 1 is 1.33 bits per heavy atom. The Labute approximate surface area is 99.0 Å². The number of aromatic nitrogens is 3. The van der Waals surface area contributed by atoms with Crippen LogP contribution >= 0.6 is 33.9 Å². The van der Waals surface area contributed by atoms with Gasteiger partial charge in [0, 0.05) is 16.7 Å². The minimum atomic E-state index is -3.91. The molecule has 0 bridgehead atoms. The molecular weight excluding hydrogens is 285 g/mol. The monoisotopic (exact) mass is 285 g/mol. The van der Waals surface area contributed by atoms with E-state index in [0.717, 1.165) is 10.7 Å². The van der Waals surface area contributed by atoms with Gasteiger partial charge in [0.15, 0.2) is 5.65 Å². The molecule has 0 aromatic carbocycles. The normalized spacial score (nSPS) is 12.2. The van der Waals surface area contributed by atoms with Gasteiger partial charge in [-0.1, -0.05) is 23.2 Å². The molecule has 0 fully saturated rings. The van der Waals surface area contributed by atoms with Crippen molar-refractivity contribution < 1.29 is 8.42 Å². The van der Waals surface area contributed by atoms with Crippen LogP contribution < -0.4 is 0 Å². The van der Waals surface area contributed by atoms with Gasteiger partial charge in [0.25, 0.3) is 9.05 Å². The lowest BCUT2D eigenvalue weighted by Gasteiger charge is -1.97. The average molecular weight is 287 g/mol. The Balaban J connectivity index is 2.92. The van der Waals surface area contributed by atoms with E-state index in [0.29, 0.717) is 0 Å². The molecule has 2 aromatic rings. The molecule has 0 unspecified atom stereocenters. The van der Waals surface area contributed by atoms with E-state index < -0.39 is 9.05 Å². The van der Waals surface area contributed by atoms with Gasteiger partial charge in [0.1, 0.15) is 15.2 Å². The summed E-state index contributed by atoms with van der Waals surface area (Å²) in [6.07, 6.45) is 1.06. The van der Waals surface area contributed by atoms with Crippen molar-refractivity contribution in [2.24, 2.45) is 0 Å². The van der Waals surface area contributed by atoms with E-state index >= 15 is 0 Å². The lowest BCUT2D eigenvalue weighted by Crippen LogP contribution is -1.95. The molecule has 0 amide bonds. The predicted molar refractivity (Wildman–Crippen MR) is 56.0 cm³/mol. The molecule has 2 aromatic heterocycles. The minimum absolute atomic E-state index is 0.00231. The minimum Gasteiger partial charge on any atom is -0.215 e. The maximum absolute atomic E-state index is 11.1. The van der Waals surface area contributed by atoms with E-state index in [1.54, 1.807) is 0 Å². The average Bonchev–Trinajstić information content (AvgIpc) is 2.45. The summed E-state index contributed by atoms with van der Waals surface area (Å²) in [5.41, 5.74) is 0.00231. The molecule has 15 heavy (non-hydrogen) atoms. The third kappa shape index (κ3) is 1.90. The molecule has 0 atom stereocenters. The Morgan fingerprint density at radius 2 is 2.00 bits per heavy atom. The van der Waals surface area contributed by atoms with Crippen molar-refractivity contribution >= 4 is 48.6 Å². The summed E-state index contributed by atoms with van der Waals surface area (Å²) in [5.74, 6) is 0. The third-order valence-electron chi connectivity index (χ3n) is 1.63. The van der Waals surface area contributed by atoms with Gasteiger partial charge in [-0.15, -0.1) is 0 Å². The molecule has 0 spiro atoms. The summed E-state index contributed by atoms with van der Waals surface area (Å²) < 4.78 is 23.4. The summed E-state index contributed by atoms with van der Waals surface area (Å²) in [4.78, 5) is 3.55. The van der Waals surface area contributed by atoms with Crippen molar-refractivity contribution in [2.45, 2.75) is 4.90 Å². The van der Waals surface area contributed by atoms with Crippen LogP contribution in [-0.4, -0.2) is 23.0 Å². The second-order valence-electron chi connectivity index (χ2n) is 2.58. The van der Waals surface area contributed by atoms with Crippen LogP contribution in [0, 0.1) is 0 Å². The van der Waals surface area contributed by atoms with Crippen LogP contribution in [0.3, 0.4) is 0 Å². The topological polar surface area (TPSA) is 64.3 Å². The lowest BCUT2D eigenvalue weighted by molar-refractivity contribution is 0.610. The van der Waals surface area contributed by atoms with Crippen molar-refractivity contribution in [3.05, 3.63) is 22.6 Å². The zero-order chi connectivity index (χ0) is 11.2. The van der Waals surface area contributed by atoms with Crippen molar-refractivity contribution in [3.8, 4) is 0 Å². The van der Waals surface area contributed by atoms with Gasteiger partial charge >= 0.3 is 0 Å². The van der Waals surface area contributed by atoms with Crippen molar-refractivity contribution in [2.75, 3.05) is 0 Å². The van der Waals surface area contributed by atoms with Crippen LogP contribution in [0.2, 0.25) is 10.3 Å². The van der Waals surface area contributed by atoms with Crippen molar-refractivity contribution in [3.63, 3.8) is 0 Å². The van der Waals surface area contributed by atoms with E-state index in [-0.39, 0.29) is 20.8 Å². The standard InChI is InChI=1S/C6H2Cl3N3O2S/c7-4-1-5(8)12-6(11-4)3(2-10-12)15(9,13)14/h1-2H. The van der Waals surface area contributed by atoms with Crippen molar-refractivity contribution in [1.29, 1.82) is 0 Å². The van der Waals surface area contributed by atoms with E-state index in [4.69, 9.17) is 33.9 Å². The van der Waals surface area contributed by atoms with E-state index in [1.807, 2.05) is 0 Å².